The van der Waals surface area contributed by atoms with Gasteiger partial charge in [-0.3, -0.25) is 9.48 Å². The Hall–Kier alpha value is -1.36. The minimum absolute atomic E-state index is 0.174. The zero-order chi connectivity index (χ0) is 13.5. The van der Waals surface area contributed by atoms with Crippen molar-refractivity contribution in [3.63, 3.8) is 0 Å². The van der Waals surface area contributed by atoms with Gasteiger partial charge >= 0.3 is 0 Å². The zero-order valence-electron chi connectivity index (χ0n) is 11.7. The first-order valence-corrected chi connectivity index (χ1v) is 7.20. The number of aryl methyl sites for hydroxylation is 1. The first-order valence-electron chi connectivity index (χ1n) is 7.20. The summed E-state index contributed by atoms with van der Waals surface area (Å²) in [5.74, 6) is 0.851. The van der Waals surface area contributed by atoms with Crippen molar-refractivity contribution < 1.29 is 4.79 Å². The molecule has 0 aromatic carbocycles. The highest BCUT2D eigenvalue weighted by Gasteiger charge is 2.14. The van der Waals surface area contributed by atoms with Gasteiger partial charge in [-0.1, -0.05) is 0 Å². The number of hydrogen-bond acceptors (Lipinski definition) is 3. The summed E-state index contributed by atoms with van der Waals surface area (Å²) in [4.78, 5) is 11.7. The molecule has 2 rings (SSSR count). The Bertz CT molecular complexity index is 396. The lowest BCUT2D eigenvalue weighted by Crippen LogP contribution is -2.31. The number of nitrogens with zero attached hydrogens (tertiary/aromatic N) is 2. The van der Waals surface area contributed by atoms with Crippen LogP contribution in [0.3, 0.4) is 0 Å². The molecule has 1 amide bonds. The lowest BCUT2D eigenvalue weighted by molar-refractivity contribution is -0.121. The van der Waals surface area contributed by atoms with E-state index in [-0.39, 0.29) is 5.91 Å². The molecule has 1 unspecified atom stereocenters. The predicted molar refractivity (Wildman–Crippen MR) is 74.7 cm³/mol. The molecule has 1 saturated heterocycles. The molecule has 0 spiro atoms. The fraction of sp³-hybridized carbons (Fsp3) is 0.714. The molecule has 5 heteroatoms. The monoisotopic (exact) mass is 264 g/mol. The van der Waals surface area contributed by atoms with E-state index in [0.717, 1.165) is 31.6 Å². The number of piperidine rings is 1. The topological polar surface area (TPSA) is 59.0 Å². The van der Waals surface area contributed by atoms with Crippen LogP contribution in [0.5, 0.6) is 0 Å². The van der Waals surface area contributed by atoms with Crippen LogP contribution < -0.4 is 10.6 Å². The van der Waals surface area contributed by atoms with Crippen molar-refractivity contribution in [2.45, 2.75) is 32.1 Å². The average Bonchev–Trinajstić information content (AvgIpc) is 2.83. The molecule has 1 atom stereocenters. The Labute approximate surface area is 114 Å². The maximum absolute atomic E-state index is 11.7. The molecule has 1 aromatic rings. The van der Waals surface area contributed by atoms with Crippen LogP contribution in [0.4, 0.5) is 0 Å². The highest BCUT2D eigenvalue weighted by molar-refractivity contribution is 5.75. The van der Waals surface area contributed by atoms with Gasteiger partial charge in [-0.2, -0.15) is 5.10 Å². The molecule has 0 saturated carbocycles. The molecule has 1 aromatic heterocycles. The molecular formula is C14H24N4O. The molecule has 106 valence electrons. The number of carbonyl (C=O) groups is 1. The van der Waals surface area contributed by atoms with Gasteiger partial charge in [0.1, 0.15) is 0 Å². The van der Waals surface area contributed by atoms with E-state index < -0.39 is 0 Å². The molecular weight excluding hydrogens is 240 g/mol. The maximum atomic E-state index is 11.7. The number of amides is 1. The summed E-state index contributed by atoms with van der Waals surface area (Å²) in [6.45, 7) is 2.90. The molecule has 19 heavy (non-hydrogen) atoms. The molecule has 1 aliphatic rings. The van der Waals surface area contributed by atoms with Gasteiger partial charge in [-0.05, 0) is 44.3 Å². The number of nitrogens with one attached hydrogen (secondary N) is 2. The number of hydrogen-bond donors (Lipinski definition) is 2. The maximum Gasteiger partial charge on any atom is 0.220 e. The van der Waals surface area contributed by atoms with Crippen molar-refractivity contribution in [1.82, 2.24) is 20.4 Å². The second kappa shape index (κ2) is 7.28. The van der Waals surface area contributed by atoms with E-state index >= 15 is 0 Å². The fourth-order valence-electron chi connectivity index (χ4n) is 2.57. The van der Waals surface area contributed by atoms with Gasteiger partial charge in [-0.25, -0.2) is 0 Å². The number of carbonyl (C=O) groups excluding carboxylic acids is 1. The average molecular weight is 264 g/mol. The van der Waals surface area contributed by atoms with Crippen molar-refractivity contribution in [3.8, 4) is 0 Å². The molecule has 0 bridgehead atoms. The molecule has 1 aliphatic heterocycles. The summed E-state index contributed by atoms with van der Waals surface area (Å²) >= 11 is 0. The number of aromatic nitrogens is 2. The third-order valence-corrected chi connectivity index (χ3v) is 3.80. The van der Waals surface area contributed by atoms with Crippen molar-refractivity contribution in [1.29, 1.82) is 0 Å². The van der Waals surface area contributed by atoms with E-state index in [1.54, 1.807) is 6.20 Å². The van der Waals surface area contributed by atoms with E-state index in [1.165, 1.54) is 12.8 Å². The van der Waals surface area contributed by atoms with Crippen molar-refractivity contribution in [2.75, 3.05) is 19.6 Å². The van der Waals surface area contributed by atoms with Gasteiger partial charge in [0.25, 0.3) is 0 Å². The van der Waals surface area contributed by atoms with Crippen LogP contribution in [0.25, 0.3) is 0 Å². The van der Waals surface area contributed by atoms with Gasteiger partial charge in [0.05, 0.1) is 0 Å². The van der Waals surface area contributed by atoms with Crippen LogP contribution in [-0.4, -0.2) is 35.3 Å². The van der Waals surface area contributed by atoms with E-state index in [0.29, 0.717) is 18.9 Å². The second-order valence-electron chi connectivity index (χ2n) is 5.30. The van der Waals surface area contributed by atoms with Crippen LogP contribution in [0.1, 0.15) is 31.4 Å². The van der Waals surface area contributed by atoms with E-state index in [4.69, 9.17) is 0 Å². The quantitative estimate of drug-likeness (QED) is 0.801. The van der Waals surface area contributed by atoms with Gasteiger partial charge < -0.3 is 10.6 Å². The number of rotatable bonds is 6. The molecule has 0 aliphatic carbocycles. The van der Waals surface area contributed by atoms with Crippen molar-refractivity contribution in [3.05, 3.63) is 18.0 Å². The Morgan fingerprint density at radius 2 is 2.53 bits per heavy atom. The first kappa shape index (κ1) is 14.1. The summed E-state index contributed by atoms with van der Waals surface area (Å²) in [5.41, 5.74) is 1.15. The second-order valence-corrected chi connectivity index (χ2v) is 5.30. The van der Waals surface area contributed by atoms with E-state index in [1.807, 2.05) is 17.8 Å². The third-order valence-electron chi connectivity index (χ3n) is 3.80. The Kier molecular flexibility index (Phi) is 5.39. The van der Waals surface area contributed by atoms with Crippen molar-refractivity contribution >= 4 is 5.91 Å². The predicted octanol–water partition coefficient (Wildman–Crippen LogP) is 0.859. The Morgan fingerprint density at radius 1 is 1.63 bits per heavy atom. The summed E-state index contributed by atoms with van der Waals surface area (Å²) in [5, 5.41) is 10.5. The summed E-state index contributed by atoms with van der Waals surface area (Å²) < 4.78 is 1.85. The van der Waals surface area contributed by atoms with Crippen LogP contribution in [0.2, 0.25) is 0 Å². The fourth-order valence-corrected chi connectivity index (χ4v) is 2.57. The molecule has 2 N–H and O–H groups in total. The summed E-state index contributed by atoms with van der Waals surface area (Å²) in [6, 6.07) is 1.99. The van der Waals surface area contributed by atoms with Crippen LogP contribution in [-0.2, 0) is 18.3 Å². The Morgan fingerprint density at radius 3 is 3.21 bits per heavy atom. The van der Waals surface area contributed by atoms with Gasteiger partial charge in [0.2, 0.25) is 5.91 Å². The smallest absolute Gasteiger partial charge is 0.220 e. The standard InChI is InChI=1S/C14H24N4O/c1-18-13(7-10-17-18)6-9-16-14(19)5-4-12-3-2-8-15-11-12/h7,10,12,15H,2-6,8-9,11H2,1H3,(H,16,19). The molecule has 2 heterocycles. The lowest BCUT2D eigenvalue weighted by Gasteiger charge is -2.22. The highest BCUT2D eigenvalue weighted by Crippen LogP contribution is 2.15. The highest BCUT2D eigenvalue weighted by atomic mass is 16.1. The van der Waals surface area contributed by atoms with Crippen molar-refractivity contribution in [2.24, 2.45) is 13.0 Å². The van der Waals surface area contributed by atoms with E-state index in [2.05, 4.69) is 15.7 Å². The van der Waals surface area contributed by atoms with Crippen LogP contribution >= 0.6 is 0 Å². The minimum atomic E-state index is 0.174. The van der Waals surface area contributed by atoms with Crippen LogP contribution in [0, 0.1) is 5.92 Å². The molecule has 5 nitrogen and oxygen atoms in total. The van der Waals surface area contributed by atoms with Gasteiger partial charge in [-0.15, -0.1) is 0 Å². The lowest BCUT2D eigenvalue weighted by atomic mass is 9.94. The normalized spacial score (nSPS) is 19.3. The summed E-state index contributed by atoms with van der Waals surface area (Å²) in [6.07, 6.45) is 6.78. The SMILES string of the molecule is Cn1nccc1CCNC(=O)CCC1CCCNC1. The third kappa shape index (κ3) is 4.67. The largest absolute Gasteiger partial charge is 0.356 e. The molecule has 1 fully saturated rings. The van der Waals surface area contributed by atoms with Gasteiger partial charge in [0, 0.05) is 38.3 Å². The Balaban J connectivity index is 1.58. The molecule has 0 radical (unpaired) electrons. The van der Waals surface area contributed by atoms with E-state index in [9.17, 15) is 4.79 Å². The zero-order valence-corrected chi connectivity index (χ0v) is 11.7. The van der Waals surface area contributed by atoms with Gasteiger partial charge in [0.15, 0.2) is 0 Å². The minimum Gasteiger partial charge on any atom is -0.356 e. The summed E-state index contributed by atoms with van der Waals surface area (Å²) in [7, 11) is 1.92. The van der Waals surface area contributed by atoms with Crippen LogP contribution in [0.15, 0.2) is 12.3 Å². The first-order chi connectivity index (χ1) is 9.25.